The van der Waals surface area contributed by atoms with Crippen LogP contribution in [0.2, 0.25) is 0 Å². The highest BCUT2D eigenvalue weighted by atomic mass is 16.2. The molecular weight excluding hydrogens is 190 g/mol. The molecule has 0 aromatic carbocycles. The molecule has 15 heavy (non-hydrogen) atoms. The van der Waals surface area contributed by atoms with Gasteiger partial charge in [0.1, 0.15) is 0 Å². The van der Waals surface area contributed by atoms with Crippen molar-refractivity contribution in [2.24, 2.45) is 0 Å². The first kappa shape index (κ1) is 11.7. The molecule has 0 saturated carbocycles. The number of pyridine rings is 1. The van der Waals surface area contributed by atoms with Crippen molar-refractivity contribution in [2.75, 3.05) is 20.6 Å². The second-order valence-corrected chi connectivity index (χ2v) is 3.58. The Balaban J connectivity index is 2.15. The van der Waals surface area contributed by atoms with Crippen LogP contribution in [-0.4, -0.2) is 36.4 Å². The number of rotatable bonds is 5. The standard InChI is InChI=1S/C11H17N3O/c1-14(2)11(15)5-7-13-9-10-4-3-6-12-8-10/h3-4,6,8,13H,5,7,9H2,1-2H3. The van der Waals surface area contributed by atoms with E-state index in [1.807, 2.05) is 18.3 Å². The molecule has 82 valence electrons. The van der Waals surface area contributed by atoms with E-state index in [0.717, 1.165) is 12.1 Å². The van der Waals surface area contributed by atoms with Crippen molar-refractivity contribution in [2.45, 2.75) is 13.0 Å². The van der Waals surface area contributed by atoms with Gasteiger partial charge < -0.3 is 10.2 Å². The monoisotopic (exact) mass is 207 g/mol. The maximum absolute atomic E-state index is 11.2. The Morgan fingerprint density at radius 1 is 1.53 bits per heavy atom. The van der Waals surface area contributed by atoms with Gasteiger partial charge in [-0.3, -0.25) is 9.78 Å². The molecule has 0 bridgehead atoms. The molecule has 1 heterocycles. The summed E-state index contributed by atoms with van der Waals surface area (Å²) in [6.07, 6.45) is 4.10. The first-order chi connectivity index (χ1) is 7.20. The van der Waals surface area contributed by atoms with Gasteiger partial charge >= 0.3 is 0 Å². The van der Waals surface area contributed by atoms with Crippen LogP contribution in [0.25, 0.3) is 0 Å². The third kappa shape index (κ3) is 4.56. The summed E-state index contributed by atoms with van der Waals surface area (Å²) in [5.41, 5.74) is 1.13. The van der Waals surface area contributed by atoms with E-state index < -0.39 is 0 Å². The van der Waals surface area contributed by atoms with Crippen molar-refractivity contribution in [3.63, 3.8) is 0 Å². The number of hydrogen-bond acceptors (Lipinski definition) is 3. The highest BCUT2D eigenvalue weighted by Gasteiger charge is 2.02. The van der Waals surface area contributed by atoms with Crippen molar-refractivity contribution in [1.29, 1.82) is 0 Å². The van der Waals surface area contributed by atoms with Crippen LogP contribution in [0.5, 0.6) is 0 Å². The maximum Gasteiger partial charge on any atom is 0.223 e. The second-order valence-electron chi connectivity index (χ2n) is 3.58. The number of carbonyl (C=O) groups is 1. The number of carbonyl (C=O) groups excluding carboxylic acids is 1. The number of hydrogen-bond donors (Lipinski definition) is 1. The fraction of sp³-hybridized carbons (Fsp3) is 0.455. The minimum Gasteiger partial charge on any atom is -0.349 e. The molecule has 0 fully saturated rings. The molecule has 1 N–H and O–H groups in total. The molecule has 4 nitrogen and oxygen atoms in total. The largest absolute Gasteiger partial charge is 0.349 e. The van der Waals surface area contributed by atoms with Crippen LogP contribution < -0.4 is 5.32 Å². The molecule has 1 aromatic heterocycles. The molecule has 1 rings (SSSR count). The summed E-state index contributed by atoms with van der Waals surface area (Å²) in [7, 11) is 3.53. The molecule has 0 unspecified atom stereocenters. The Morgan fingerprint density at radius 2 is 2.33 bits per heavy atom. The van der Waals surface area contributed by atoms with Gasteiger partial charge in [-0.15, -0.1) is 0 Å². The first-order valence-corrected chi connectivity index (χ1v) is 5.00. The van der Waals surface area contributed by atoms with Crippen molar-refractivity contribution < 1.29 is 4.79 Å². The van der Waals surface area contributed by atoms with E-state index in [-0.39, 0.29) is 5.91 Å². The van der Waals surface area contributed by atoms with E-state index in [0.29, 0.717) is 13.0 Å². The summed E-state index contributed by atoms with van der Waals surface area (Å²) in [6, 6.07) is 3.91. The molecule has 0 radical (unpaired) electrons. The van der Waals surface area contributed by atoms with Gasteiger partial charge in [-0.2, -0.15) is 0 Å². The van der Waals surface area contributed by atoms with E-state index in [4.69, 9.17) is 0 Å². The number of aromatic nitrogens is 1. The second kappa shape index (κ2) is 6.14. The quantitative estimate of drug-likeness (QED) is 0.721. The van der Waals surface area contributed by atoms with Gasteiger partial charge in [-0.1, -0.05) is 6.07 Å². The third-order valence-electron chi connectivity index (χ3n) is 2.07. The zero-order chi connectivity index (χ0) is 11.1. The lowest BCUT2D eigenvalue weighted by Crippen LogP contribution is -2.26. The zero-order valence-electron chi connectivity index (χ0n) is 9.23. The highest BCUT2D eigenvalue weighted by Crippen LogP contribution is 1.94. The minimum atomic E-state index is 0.147. The Bertz CT molecular complexity index is 298. The van der Waals surface area contributed by atoms with Crippen LogP contribution in [-0.2, 0) is 11.3 Å². The smallest absolute Gasteiger partial charge is 0.223 e. The van der Waals surface area contributed by atoms with Crippen molar-refractivity contribution in [3.8, 4) is 0 Å². The highest BCUT2D eigenvalue weighted by molar-refractivity contribution is 5.75. The molecule has 1 amide bonds. The van der Waals surface area contributed by atoms with Gasteiger partial charge in [0, 0.05) is 46.0 Å². The van der Waals surface area contributed by atoms with E-state index in [1.54, 1.807) is 25.2 Å². The fourth-order valence-corrected chi connectivity index (χ4v) is 1.15. The summed E-state index contributed by atoms with van der Waals surface area (Å²) in [6.45, 7) is 1.46. The minimum absolute atomic E-state index is 0.147. The predicted molar refractivity (Wildman–Crippen MR) is 59.3 cm³/mol. The van der Waals surface area contributed by atoms with Crippen LogP contribution in [0, 0.1) is 0 Å². The maximum atomic E-state index is 11.2. The summed E-state index contributed by atoms with van der Waals surface area (Å²) in [4.78, 5) is 16.8. The van der Waals surface area contributed by atoms with Crippen LogP contribution >= 0.6 is 0 Å². The van der Waals surface area contributed by atoms with E-state index >= 15 is 0 Å². The molecule has 0 aliphatic rings. The fourth-order valence-electron chi connectivity index (χ4n) is 1.15. The van der Waals surface area contributed by atoms with E-state index in [9.17, 15) is 4.79 Å². The molecule has 0 aliphatic carbocycles. The first-order valence-electron chi connectivity index (χ1n) is 5.00. The molecule has 0 saturated heterocycles. The van der Waals surface area contributed by atoms with Crippen LogP contribution in [0.15, 0.2) is 24.5 Å². The van der Waals surface area contributed by atoms with Gasteiger partial charge in [0.05, 0.1) is 0 Å². The number of nitrogens with one attached hydrogen (secondary N) is 1. The Hall–Kier alpha value is -1.42. The Kier molecular flexibility index (Phi) is 4.77. The predicted octanol–water partition coefficient (Wildman–Crippen LogP) is 0.649. The lowest BCUT2D eigenvalue weighted by Gasteiger charge is -2.10. The lowest BCUT2D eigenvalue weighted by atomic mass is 10.3. The van der Waals surface area contributed by atoms with Crippen LogP contribution in [0.3, 0.4) is 0 Å². The average molecular weight is 207 g/mol. The van der Waals surface area contributed by atoms with Gasteiger partial charge in [0.15, 0.2) is 0 Å². The molecule has 4 heteroatoms. The lowest BCUT2D eigenvalue weighted by molar-refractivity contribution is -0.128. The van der Waals surface area contributed by atoms with Crippen LogP contribution in [0.1, 0.15) is 12.0 Å². The normalized spacial score (nSPS) is 10.0. The third-order valence-corrected chi connectivity index (χ3v) is 2.07. The van der Waals surface area contributed by atoms with Gasteiger partial charge in [-0.05, 0) is 11.6 Å². The Labute approximate surface area is 90.3 Å². The zero-order valence-corrected chi connectivity index (χ0v) is 9.23. The van der Waals surface area contributed by atoms with Crippen LogP contribution in [0.4, 0.5) is 0 Å². The number of nitrogens with zero attached hydrogens (tertiary/aromatic N) is 2. The Morgan fingerprint density at radius 3 is 2.93 bits per heavy atom. The molecular formula is C11H17N3O. The molecule has 1 aromatic rings. The van der Waals surface area contributed by atoms with Gasteiger partial charge in [0.2, 0.25) is 5.91 Å². The van der Waals surface area contributed by atoms with Crippen molar-refractivity contribution in [3.05, 3.63) is 30.1 Å². The van der Waals surface area contributed by atoms with E-state index in [2.05, 4.69) is 10.3 Å². The van der Waals surface area contributed by atoms with Crippen molar-refractivity contribution in [1.82, 2.24) is 15.2 Å². The summed E-state index contributed by atoms with van der Waals surface area (Å²) < 4.78 is 0. The molecule has 0 spiro atoms. The molecule has 0 atom stereocenters. The number of amides is 1. The summed E-state index contributed by atoms with van der Waals surface area (Å²) in [5, 5.41) is 3.20. The summed E-state index contributed by atoms with van der Waals surface area (Å²) in [5.74, 6) is 0.147. The van der Waals surface area contributed by atoms with Crippen molar-refractivity contribution >= 4 is 5.91 Å². The summed E-state index contributed by atoms with van der Waals surface area (Å²) >= 11 is 0. The topological polar surface area (TPSA) is 45.2 Å². The SMILES string of the molecule is CN(C)C(=O)CCNCc1cccnc1. The van der Waals surface area contributed by atoms with E-state index in [1.165, 1.54) is 0 Å². The average Bonchev–Trinajstić information content (AvgIpc) is 2.25. The van der Waals surface area contributed by atoms with Gasteiger partial charge in [-0.25, -0.2) is 0 Å². The molecule has 0 aliphatic heterocycles. The van der Waals surface area contributed by atoms with Gasteiger partial charge in [0.25, 0.3) is 0 Å².